The van der Waals surface area contributed by atoms with Crippen LogP contribution in [0.25, 0.3) is 0 Å². The van der Waals surface area contributed by atoms with Gasteiger partial charge in [-0.05, 0) is 11.8 Å². The number of hydrogen-bond donors (Lipinski definition) is 1. The van der Waals surface area contributed by atoms with Gasteiger partial charge in [0.15, 0.2) is 0 Å². The lowest BCUT2D eigenvalue weighted by atomic mass is 10.1. The predicted molar refractivity (Wildman–Crippen MR) is 63.0 cm³/mol. The minimum atomic E-state index is -1.10. The van der Waals surface area contributed by atoms with Crippen LogP contribution < -0.4 is 0 Å². The molecule has 0 atom stereocenters. The molecule has 0 aromatic carbocycles. The summed E-state index contributed by atoms with van der Waals surface area (Å²) in [5, 5.41) is 8.45. The van der Waals surface area contributed by atoms with Gasteiger partial charge < -0.3 is 10.0 Å². The summed E-state index contributed by atoms with van der Waals surface area (Å²) in [4.78, 5) is 23.7. The quantitative estimate of drug-likeness (QED) is 0.703. The number of carbonyl (C=O) groups excluding carboxylic acids is 1. The molecule has 0 radical (unpaired) electrons. The molecule has 0 spiro atoms. The number of amides is 1. The van der Waals surface area contributed by atoms with Crippen molar-refractivity contribution < 1.29 is 14.7 Å². The van der Waals surface area contributed by atoms with E-state index < -0.39 is 5.97 Å². The molecule has 0 bridgehead atoms. The van der Waals surface area contributed by atoms with Gasteiger partial charge in [0.2, 0.25) is 5.91 Å². The van der Waals surface area contributed by atoms with Crippen molar-refractivity contribution >= 4 is 11.9 Å². The van der Waals surface area contributed by atoms with Crippen LogP contribution in [0.2, 0.25) is 0 Å². The zero-order valence-electron chi connectivity index (χ0n) is 10.4. The Labute approximate surface area is 96.9 Å². The van der Waals surface area contributed by atoms with Gasteiger partial charge in [0, 0.05) is 25.2 Å². The summed E-state index contributed by atoms with van der Waals surface area (Å²) in [6.07, 6.45) is 2.00. The number of nitrogens with zero attached hydrogens (tertiary/aromatic N) is 1. The van der Waals surface area contributed by atoms with Crippen LogP contribution in [0.1, 0.15) is 27.7 Å². The number of carbonyl (C=O) groups is 2. The molecule has 1 amide bonds. The Morgan fingerprint density at radius 3 is 1.81 bits per heavy atom. The van der Waals surface area contributed by atoms with Crippen LogP contribution in [0.3, 0.4) is 0 Å². The number of carboxylic acids is 1. The minimum absolute atomic E-state index is 0.232. The van der Waals surface area contributed by atoms with E-state index in [1.807, 2.05) is 27.7 Å². The van der Waals surface area contributed by atoms with Gasteiger partial charge in [0.1, 0.15) is 0 Å². The van der Waals surface area contributed by atoms with Gasteiger partial charge >= 0.3 is 5.97 Å². The molecule has 0 aromatic rings. The van der Waals surface area contributed by atoms with Gasteiger partial charge in [-0.3, -0.25) is 4.79 Å². The van der Waals surface area contributed by atoms with E-state index in [9.17, 15) is 9.59 Å². The maximum Gasteiger partial charge on any atom is 0.328 e. The molecule has 0 unspecified atom stereocenters. The fourth-order valence-electron chi connectivity index (χ4n) is 1.38. The van der Waals surface area contributed by atoms with Crippen LogP contribution in [-0.2, 0) is 9.59 Å². The summed E-state index contributed by atoms with van der Waals surface area (Å²) in [7, 11) is 0. The molecule has 0 saturated carbocycles. The summed E-state index contributed by atoms with van der Waals surface area (Å²) in [6, 6.07) is 0. The van der Waals surface area contributed by atoms with Crippen LogP contribution in [0.4, 0.5) is 0 Å². The molecule has 0 aromatic heterocycles. The monoisotopic (exact) mass is 227 g/mol. The highest BCUT2D eigenvalue weighted by atomic mass is 16.4. The highest BCUT2D eigenvalue weighted by molar-refractivity contribution is 5.93. The maximum absolute atomic E-state index is 11.7. The molecule has 0 saturated heterocycles. The second-order valence-electron chi connectivity index (χ2n) is 4.70. The van der Waals surface area contributed by atoms with Crippen LogP contribution in [0.5, 0.6) is 0 Å². The second-order valence-corrected chi connectivity index (χ2v) is 4.70. The van der Waals surface area contributed by atoms with Crippen LogP contribution >= 0.6 is 0 Å². The van der Waals surface area contributed by atoms with E-state index in [0.717, 1.165) is 12.2 Å². The molecule has 0 aliphatic heterocycles. The Hall–Kier alpha value is -1.32. The normalized spacial score (nSPS) is 11.4. The average Bonchev–Trinajstić information content (AvgIpc) is 2.11. The highest BCUT2D eigenvalue weighted by Gasteiger charge is 2.13. The van der Waals surface area contributed by atoms with Crippen molar-refractivity contribution in [3.05, 3.63) is 12.2 Å². The lowest BCUT2D eigenvalue weighted by molar-refractivity contribution is -0.132. The molecule has 16 heavy (non-hydrogen) atoms. The number of aliphatic carboxylic acids is 1. The highest BCUT2D eigenvalue weighted by Crippen LogP contribution is 2.04. The Morgan fingerprint density at radius 1 is 1.06 bits per heavy atom. The SMILES string of the molecule is CC(C)CN(CC(C)C)C(=O)C=CC(=O)O. The van der Waals surface area contributed by atoms with Crippen LogP contribution in [-0.4, -0.2) is 35.0 Å². The molecule has 0 aliphatic carbocycles. The third-order valence-electron chi connectivity index (χ3n) is 1.85. The molecule has 0 fully saturated rings. The van der Waals surface area contributed by atoms with E-state index in [0.29, 0.717) is 24.9 Å². The van der Waals surface area contributed by atoms with Crippen molar-refractivity contribution in [3.63, 3.8) is 0 Å². The molecule has 1 N–H and O–H groups in total. The van der Waals surface area contributed by atoms with Gasteiger partial charge in [0.05, 0.1) is 0 Å². The predicted octanol–water partition coefficient (Wildman–Crippen LogP) is 1.77. The van der Waals surface area contributed by atoms with Gasteiger partial charge in [-0.2, -0.15) is 0 Å². The number of carboxylic acid groups (broad SMARTS) is 1. The summed E-state index contributed by atoms with van der Waals surface area (Å²) < 4.78 is 0. The largest absolute Gasteiger partial charge is 0.478 e. The van der Waals surface area contributed by atoms with Gasteiger partial charge in [-0.25, -0.2) is 4.79 Å². The maximum atomic E-state index is 11.7. The second kappa shape index (κ2) is 7.04. The molecule has 0 heterocycles. The standard InChI is InChI=1S/C12H21NO3/c1-9(2)7-13(8-10(3)4)11(14)5-6-12(15)16/h5-6,9-10H,7-8H2,1-4H3,(H,15,16). The Bertz CT molecular complexity index is 259. The fraction of sp³-hybridized carbons (Fsp3) is 0.667. The van der Waals surface area contributed by atoms with Gasteiger partial charge in [-0.1, -0.05) is 27.7 Å². The first-order chi connectivity index (χ1) is 7.32. The van der Waals surface area contributed by atoms with Gasteiger partial charge in [0.25, 0.3) is 0 Å². The first-order valence-corrected chi connectivity index (χ1v) is 5.52. The third-order valence-corrected chi connectivity index (χ3v) is 1.85. The molecule has 0 rings (SSSR count). The topological polar surface area (TPSA) is 57.6 Å². The lowest BCUT2D eigenvalue weighted by Gasteiger charge is -2.25. The zero-order chi connectivity index (χ0) is 12.7. The zero-order valence-corrected chi connectivity index (χ0v) is 10.4. The van der Waals surface area contributed by atoms with Crippen LogP contribution in [0, 0.1) is 11.8 Å². The van der Waals surface area contributed by atoms with E-state index >= 15 is 0 Å². The first-order valence-electron chi connectivity index (χ1n) is 5.52. The molecular formula is C12H21NO3. The van der Waals surface area contributed by atoms with Crippen molar-refractivity contribution in [3.8, 4) is 0 Å². The van der Waals surface area contributed by atoms with E-state index in [2.05, 4.69) is 0 Å². The Balaban J connectivity index is 4.49. The average molecular weight is 227 g/mol. The first kappa shape index (κ1) is 14.7. The van der Waals surface area contributed by atoms with E-state index in [-0.39, 0.29) is 5.91 Å². The number of hydrogen-bond acceptors (Lipinski definition) is 2. The fourth-order valence-corrected chi connectivity index (χ4v) is 1.38. The van der Waals surface area contributed by atoms with Gasteiger partial charge in [-0.15, -0.1) is 0 Å². The smallest absolute Gasteiger partial charge is 0.328 e. The molecular weight excluding hydrogens is 206 g/mol. The summed E-state index contributed by atoms with van der Waals surface area (Å²) in [6.45, 7) is 9.42. The van der Waals surface area contributed by atoms with E-state index in [1.54, 1.807) is 4.90 Å². The van der Waals surface area contributed by atoms with Crippen molar-refractivity contribution in [2.45, 2.75) is 27.7 Å². The Morgan fingerprint density at radius 2 is 1.50 bits per heavy atom. The Kier molecular flexibility index (Phi) is 6.46. The molecule has 92 valence electrons. The van der Waals surface area contributed by atoms with E-state index in [4.69, 9.17) is 5.11 Å². The summed E-state index contributed by atoms with van der Waals surface area (Å²) in [5.74, 6) is -0.575. The third kappa shape index (κ3) is 7.04. The molecule has 4 nitrogen and oxygen atoms in total. The lowest BCUT2D eigenvalue weighted by Crippen LogP contribution is -2.35. The van der Waals surface area contributed by atoms with E-state index in [1.165, 1.54) is 0 Å². The van der Waals surface area contributed by atoms with Crippen molar-refractivity contribution in [2.24, 2.45) is 11.8 Å². The minimum Gasteiger partial charge on any atom is -0.478 e. The van der Waals surface area contributed by atoms with Crippen molar-refractivity contribution in [1.29, 1.82) is 0 Å². The summed E-state index contributed by atoms with van der Waals surface area (Å²) in [5.41, 5.74) is 0. The summed E-state index contributed by atoms with van der Waals surface area (Å²) >= 11 is 0. The molecule has 4 heteroatoms. The molecule has 0 aliphatic rings. The van der Waals surface area contributed by atoms with Crippen molar-refractivity contribution in [2.75, 3.05) is 13.1 Å². The number of rotatable bonds is 6. The van der Waals surface area contributed by atoms with Crippen LogP contribution in [0.15, 0.2) is 12.2 Å². The van der Waals surface area contributed by atoms with Crippen molar-refractivity contribution in [1.82, 2.24) is 4.90 Å².